The Morgan fingerprint density at radius 2 is 1.95 bits per heavy atom. The second-order valence-electron chi connectivity index (χ2n) is 5.16. The zero-order valence-corrected chi connectivity index (χ0v) is 12.6. The minimum Gasteiger partial charge on any atom is -0.342 e. The van der Waals surface area contributed by atoms with Crippen molar-refractivity contribution in [3.8, 4) is 0 Å². The molecule has 0 aromatic rings. The van der Waals surface area contributed by atoms with Gasteiger partial charge in [0.2, 0.25) is 15.9 Å². The first-order chi connectivity index (χ1) is 8.69. The van der Waals surface area contributed by atoms with Gasteiger partial charge in [0, 0.05) is 6.92 Å². The summed E-state index contributed by atoms with van der Waals surface area (Å²) in [7, 11) is -3.67. The summed E-state index contributed by atoms with van der Waals surface area (Å²) < 4.78 is 25.9. The van der Waals surface area contributed by atoms with E-state index >= 15 is 0 Å². The summed E-state index contributed by atoms with van der Waals surface area (Å²) in [5, 5.41) is 1.96. The van der Waals surface area contributed by atoms with Crippen LogP contribution in [0.3, 0.4) is 0 Å². The van der Waals surface area contributed by atoms with E-state index in [0.29, 0.717) is 12.8 Å². The van der Waals surface area contributed by atoms with Gasteiger partial charge >= 0.3 is 0 Å². The third-order valence-electron chi connectivity index (χ3n) is 3.74. The summed E-state index contributed by atoms with van der Waals surface area (Å²) in [6.45, 7) is 6.52. The highest BCUT2D eigenvalue weighted by Crippen LogP contribution is 2.46. The maximum Gasteiger partial charge on any atom is 0.259 e. The zero-order valence-electron chi connectivity index (χ0n) is 11.8. The second kappa shape index (κ2) is 5.48. The fourth-order valence-electron chi connectivity index (χ4n) is 2.16. The van der Waals surface area contributed by atoms with Crippen LogP contribution in [0.2, 0.25) is 0 Å². The first kappa shape index (κ1) is 15.9. The molecule has 3 unspecified atom stereocenters. The van der Waals surface area contributed by atoms with E-state index in [1.54, 1.807) is 13.8 Å². The van der Waals surface area contributed by atoms with E-state index in [1.807, 2.05) is 6.92 Å². The molecule has 1 rings (SSSR count). The number of carbonyl (C=O) groups is 2. The van der Waals surface area contributed by atoms with Crippen LogP contribution in [0.1, 0.15) is 47.0 Å². The third-order valence-corrected chi connectivity index (χ3v) is 5.60. The van der Waals surface area contributed by atoms with E-state index in [2.05, 4.69) is 10.0 Å². The lowest BCUT2D eigenvalue weighted by Gasteiger charge is -2.19. The van der Waals surface area contributed by atoms with Crippen LogP contribution in [0.5, 0.6) is 0 Å². The van der Waals surface area contributed by atoms with Gasteiger partial charge in [0.1, 0.15) is 5.54 Å². The molecular weight excluding hydrogens is 268 g/mol. The van der Waals surface area contributed by atoms with Crippen LogP contribution >= 0.6 is 0 Å². The number of hydrogen-bond donors (Lipinski definition) is 2. The summed E-state index contributed by atoms with van der Waals surface area (Å²) in [5.74, 6) is -0.939. The Morgan fingerprint density at radius 3 is 2.32 bits per heavy atom. The molecule has 0 aliphatic heterocycles. The van der Waals surface area contributed by atoms with Crippen LogP contribution in [0.25, 0.3) is 0 Å². The predicted octanol–water partition coefficient (Wildman–Crippen LogP) is 0.536. The van der Waals surface area contributed by atoms with Gasteiger partial charge in [0.05, 0.1) is 5.25 Å². The molecule has 110 valence electrons. The monoisotopic (exact) mass is 290 g/mol. The molecule has 2 amide bonds. The van der Waals surface area contributed by atoms with Crippen molar-refractivity contribution in [2.24, 2.45) is 5.92 Å². The van der Waals surface area contributed by atoms with Gasteiger partial charge in [-0.15, -0.1) is 0 Å². The molecule has 7 heteroatoms. The lowest BCUT2D eigenvalue weighted by atomic mass is 10.1. The number of sulfonamides is 1. The van der Waals surface area contributed by atoms with Crippen molar-refractivity contribution in [2.75, 3.05) is 0 Å². The molecule has 0 radical (unpaired) electrons. The standard InChI is InChI=1S/C12H22N2O4S/c1-5-8(3)19(17,18)14-11(16)12(13-9(4)15)7-10(12)6-2/h8,10H,5-7H2,1-4H3,(H,13,15)(H,14,16). The van der Waals surface area contributed by atoms with Crippen molar-refractivity contribution in [1.82, 2.24) is 10.0 Å². The quantitative estimate of drug-likeness (QED) is 0.746. The minimum atomic E-state index is -3.67. The Hall–Kier alpha value is -1.11. The lowest BCUT2D eigenvalue weighted by molar-refractivity contribution is -0.128. The van der Waals surface area contributed by atoms with Gasteiger partial charge in [0.15, 0.2) is 0 Å². The average Bonchev–Trinajstić information content (AvgIpc) is 3.01. The molecule has 0 aromatic heterocycles. The third kappa shape index (κ3) is 3.26. The Kier molecular flexibility index (Phi) is 4.60. The Morgan fingerprint density at radius 1 is 1.37 bits per heavy atom. The SMILES string of the molecule is CCC1CC1(NC(C)=O)C(=O)NS(=O)(=O)C(C)CC. The van der Waals surface area contributed by atoms with Gasteiger partial charge in [-0.1, -0.05) is 20.3 Å². The van der Waals surface area contributed by atoms with E-state index in [4.69, 9.17) is 0 Å². The van der Waals surface area contributed by atoms with Crippen molar-refractivity contribution in [2.45, 2.75) is 57.7 Å². The van der Waals surface area contributed by atoms with Gasteiger partial charge in [-0.25, -0.2) is 8.42 Å². The number of amides is 2. The highest BCUT2D eigenvalue weighted by atomic mass is 32.2. The van der Waals surface area contributed by atoms with E-state index in [9.17, 15) is 18.0 Å². The first-order valence-electron chi connectivity index (χ1n) is 6.54. The molecule has 0 bridgehead atoms. The summed E-state index contributed by atoms with van der Waals surface area (Å²) in [5.41, 5.74) is -1.04. The second-order valence-corrected chi connectivity index (χ2v) is 7.26. The van der Waals surface area contributed by atoms with E-state index in [-0.39, 0.29) is 11.8 Å². The molecule has 1 saturated carbocycles. The van der Waals surface area contributed by atoms with Gasteiger partial charge in [-0.2, -0.15) is 0 Å². The largest absolute Gasteiger partial charge is 0.342 e. The molecule has 0 heterocycles. The molecule has 19 heavy (non-hydrogen) atoms. The zero-order chi connectivity index (χ0) is 14.8. The van der Waals surface area contributed by atoms with Crippen LogP contribution in [-0.2, 0) is 19.6 Å². The average molecular weight is 290 g/mol. The van der Waals surface area contributed by atoms with Crippen molar-refractivity contribution in [3.63, 3.8) is 0 Å². The van der Waals surface area contributed by atoms with Crippen LogP contribution in [0.4, 0.5) is 0 Å². The molecule has 1 aliphatic rings. The molecule has 6 nitrogen and oxygen atoms in total. The van der Waals surface area contributed by atoms with Gasteiger partial charge in [0.25, 0.3) is 5.91 Å². The molecule has 2 N–H and O–H groups in total. The van der Waals surface area contributed by atoms with Gasteiger partial charge in [-0.3, -0.25) is 14.3 Å². The summed E-state index contributed by atoms with van der Waals surface area (Å²) in [4.78, 5) is 23.3. The van der Waals surface area contributed by atoms with Gasteiger partial charge in [-0.05, 0) is 25.7 Å². The Balaban J connectivity index is 2.84. The van der Waals surface area contributed by atoms with Crippen LogP contribution in [0.15, 0.2) is 0 Å². The number of carbonyl (C=O) groups excluding carboxylic acids is 2. The van der Waals surface area contributed by atoms with Crippen LogP contribution in [-0.4, -0.2) is 31.0 Å². The lowest BCUT2D eigenvalue weighted by Crippen LogP contribution is -2.52. The minimum absolute atomic E-state index is 0.00327. The summed E-state index contributed by atoms with van der Waals surface area (Å²) in [6.07, 6.45) is 1.63. The van der Waals surface area contributed by atoms with E-state index < -0.39 is 26.7 Å². The maximum atomic E-state index is 12.2. The van der Waals surface area contributed by atoms with Gasteiger partial charge < -0.3 is 5.32 Å². The summed E-state index contributed by atoms with van der Waals surface area (Å²) in [6, 6.07) is 0. The topological polar surface area (TPSA) is 92.3 Å². The van der Waals surface area contributed by atoms with Crippen molar-refractivity contribution in [1.29, 1.82) is 0 Å². The van der Waals surface area contributed by atoms with Crippen molar-refractivity contribution < 1.29 is 18.0 Å². The van der Waals surface area contributed by atoms with E-state index in [1.165, 1.54) is 6.92 Å². The summed E-state index contributed by atoms with van der Waals surface area (Å²) >= 11 is 0. The highest BCUT2D eigenvalue weighted by Gasteiger charge is 2.60. The maximum absolute atomic E-state index is 12.2. The number of nitrogens with one attached hydrogen (secondary N) is 2. The molecule has 0 saturated heterocycles. The molecule has 0 aromatic carbocycles. The van der Waals surface area contributed by atoms with Crippen LogP contribution in [0, 0.1) is 5.92 Å². The normalized spacial score (nSPS) is 27.5. The molecule has 3 atom stereocenters. The number of rotatable bonds is 6. The van der Waals surface area contributed by atoms with E-state index in [0.717, 1.165) is 6.42 Å². The fraction of sp³-hybridized carbons (Fsp3) is 0.833. The Labute approximate surface area is 114 Å². The highest BCUT2D eigenvalue weighted by molar-refractivity contribution is 7.90. The first-order valence-corrected chi connectivity index (χ1v) is 8.09. The molecule has 1 fully saturated rings. The fourth-order valence-corrected chi connectivity index (χ4v) is 3.25. The van der Waals surface area contributed by atoms with Crippen molar-refractivity contribution >= 4 is 21.8 Å². The molecular formula is C12H22N2O4S. The predicted molar refractivity (Wildman–Crippen MR) is 71.8 cm³/mol. The molecule has 1 aliphatic carbocycles. The number of hydrogen-bond acceptors (Lipinski definition) is 4. The molecule has 0 spiro atoms. The Bertz CT molecular complexity index is 474. The van der Waals surface area contributed by atoms with Crippen LogP contribution < -0.4 is 10.0 Å². The smallest absolute Gasteiger partial charge is 0.259 e. The van der Waals surface area contributed by atoms with Crippen molar-refractivity contribution in [3.05, 3.63) is 0 Å².